The molecule has 0 amide bonds. The van der Waals surface area contributed by atoms with Gasteiger partial charge >= 0.3 is 0 Å². The number of β-amino-alcohol motifs (C(OH)–C–C–N with tert-alkyl or cyclic N) is 1. The number of nitro groups is 1. The number of benzene rings is 1. The van der Waals surface area contributed by atoms with Crippen LogP contribution in [0.3, 0.4) is 0 Å². The summed E-state index contributed by atoms with van der Waals surface area (Å²) in [6.45, 7) is 2.79. The summed E-state index contributed by atoms with van der Waals surface area (Å²) in [6.07, 6.45) is 1.58. The zero-order valence-corrected chi connectivity index (χ0v) is 10.9. The summed E-state index contributed by atoms with van der Waals surface area (Å²) in [5.41, 5.74) is -0.340. The van der Waals surface area contributed by atoms with E-state index in [0.29, 0.717) is 30.2 Å². The van der Waals surface area contributed by atoms with Gasteiger partial charge in [-0.05, 0) is 12.5 Å². The predicted octanol–water partition coefficient (Wildman–Crippen LogP) is 2.60. The first kappa shape index (κ1) is 13.1. The standard InChI is InChI=1S/C12H15ClN2O3/c1-2-6-12(16)7-14(8-12)11-9(13)4-3-5-10(11)15(17)18/h3-5,16H,2,6-8H2,1H3. The summed E-state index contributed by atoms with van der Waals surface area (Å²) in [5, 5.41) is 21.4. The third-order valence-corrected chi connectivity index (χ3v) is 3.47. The molecule has 1 heterocycles. The molecule has 0 radical (unpaired) electrons. The molecular formula is C12H15ClN2O3. The number of aliphatic hydroxyl groups is 1. The van der Waals surface area contributed by atoms with Crippen molar-refractivity contribution < 1.29 is 10.0 Å². The van der Waals surface area contributed by atoms with Crippen molar-refractivity contribution in [3.8, 4) is 0 Å². The Labute approximate surface area is 110 Å². The summed E-state index contributed by atoms with van der Waals surface area (Å²) in [4.78, 5) is 12.3. The number of hydrogen-bond acceptors (Lipinski definition) is 4. The maximum absolute atomic E-state index is 11.0. The molecule has 0 spiro atoms. The first-order valence-electron chi connectivity index (χ1n) is 5.87. The number of anilines is 1. The van der Waals surface area contributed by atoms with Crippen molar-refractivity contribution in [3.05, 3.63) is 33.3 Å². The lowest BCUT2D eigenvalue weighted by molar-refractivity contribution is -0.384. The van der Waals surface area contributed by atoms with E-state index in [0.717, 1.165) is 6.42 Å². The molecule has 1 aromatic carbocycles. The van der Waals surface area contributed by atoms with Crippen molar-refractivity contribution in [2.75, 3.05) is 18.0 Å². The molecule has 6 heteroatoms. The Hall–Kier alpha value is -1.33. The van der Waals surface area contributed by atoms with Gasteiger partial charge in [-0.15, -0.1) is 0 Å². The third kappa shape index (κ3) is 2.28. The molecule has 1 fully saturated rings. The van der Waals surface area contributed by atoms with Crippen molar-refractivity contribution in [3.63, 3.8) is 0 Å². The summed E-state index contributed by atoms with van der Waals surface area (Å²) < 4.78 is 0. The van der Waals surface area contributed by atoms with Gasteiger partial charge in [-0.25, -0.2) is 0 Å². The zero-order chi connectivity index (χ0) is 13.3. The van der Waals surface area contributed by atoms with Gasteiger partial charge in [0.05, 0.1) is 15.5 Å². The van der Waals surface area contributed by atoms with Crippen LogP contribution in [-0.2, 0) is 0 Å². The minimum atomic E-state index is -0.734. The van der Waals surface area contributed by atoms with Crippen LogP contribution >= 0.6 is 11.6 Å². The van der Waals surface area contributed by atoms with E-state index >= 15 is 0 Å². The largest absolute Gasteiger partial charge is 0.386 e. The fourth-order valence-corrected chi connectivity index (χ4v) is 2.70. The Bertz CT molecular complexity index is 472. The highest BCUT2D eigenvalue weighted by Gasteiger charge is 2.43. The van der Waals surface area contributed by atoms with E-state index in [1.54, 1.807) is 17.0 Å². The Morgan fingerprint density at radius 1 is 1.56 bits per heavy atom. The fraction of sp³-hybridized carbons (Fsp3) is 0.500. The van der Waals surface area contributed by atoms with Gasteiger partial charge in [0.1, 0.15) is 5.69 Å². The summed E-state index contributed by atoms with van der Waals surface area (Å²) in [7, 11) is 0. The minimum absolute atomic E-state index is 0.0129. The average Bonchev–Trinajstić information content (AvgIpc) is 2.25. The molecule has 2 rings (SSSR count). The molecule has 1 aliphatic rings. The Balaban J connectivity index is 2.23. The second-order valence-corrected chi connectivity index (χ2v) is 5.10. The molecule has 0 unspecified atom stereocenters. The first-order chi connectivity index (χ1) is 8.47. The molecule has 1 saturated heterocycles. The van der Waals surface area contributed by atoms with Gasteiger partial charge in [-0.2, -0.15) is 0 Å². The molecule has 1 aromatic rings. The molecular weight excluding hydrogens is 256 g/mol. The van der Waals surface area contributed by atoms with Crippen molar-refractivity contribution >= 4 is 23.0 Å². The lowest BCUT2D eigenvalue weighted by Crippen LogP contribution is -2.62. The van der Waals surface area contributed by atoms with Crippen molar-refractivity contribution in [1.29, 1.82) is 0 Å². The number of rotatable bonds is 4. The van der Waals surface area contributed by atoms with Gasteiger partial charge in [0.2, 0.25) is 0 Å². The van der Waals surface area contributed by atoms with Crippen LogP contribution in [0.15, 0.2) is 18.2 Å². The lowest BCUT2D eigenvalue weighted by Gasteiger charge is -2.47. The van der Waals surface area contributed by atoms with Gasteiger partial charge in [-0.1, -0.05) is 31.0 Å². The van der Waals surface area contributed by atoms with E-state index in [1.165, 1.54) is 6.07 Å². The van der Waals surface area contributed by atoms with E-state index in [9.17, 15) is 15.2 Å². The highest BCUT2D eigenvalue weighted by atomic mass is 35.5. The molecule has 0 bridgehead atoms. The van der Waals surface area contributed by atoms with Crippen LogP contribution in [0, 0.1) is 10.1 Å². The third-order valence-electron chi connectivity index (χ3n) is 3.16. The van der Waals surface area contributed by atoms with E-state index < -0.39 is 10.5 Å². The minimum Gasteiger partial charge on any atom is -0.386 e. The summed E-state index contributed by atoms with van der Waals surface area (Å²) in [5.74, 6) is 0. The number of hydrogen-bond donors (Lipinski definition) is 1. The Morgan fingerprint density at radius 3 is 2.78 bits per heavy atom. The molecule has 98 valence electrons. The highest BCUT2D eigenvalue weighted by Crippen LogP contribution is 2.40. The number of halogens is 1. The fourth-order valence-electron chi connectivity index (χ4n) is 2.41. The number of para-hydroxylation sites is 1. The lowest BCUT2D eigenvalue weighted by atomic mass is 9.88. The van der Waals surface area contributed by atoms with E-state index in [2.05, 4.69) is 0 Å². The molecule has 0 saturated carbocycles. The van der Waals surface area contributed by atoms with Crippen LogP contribution in [0.5, 0.6) is 0 Å². The van der Waals surface area contributed by atoms with Crippen LogP contribution in [-0.4, -0.2) is 28.7 Å². The van der Waals surface area contributed by atoms with Crippen LogP contribution in [0.2, 0.25) is 5.02 Å². The first-order valence-corrected chi connectivity index (χ1v) is 6.25. The zero-order valence-electron chi connectivity index (χ0n) is 10.1. The summed E-state index contributed by atoms with van der Waals surface area (Å²) >= 11 is 6.02. The van der Waals surface area contributed by atoms with Crippen molar-refractivity contribution in [2.45, 2.75) is 25.4 Å². The van der Waals surface area contributed by atoms with E-state index in [1.807, 2.05) is 6.92 Å². The van der Waals surface area contributed by atoms with Crippen molar-refractivity contribution in [2.24, 2.45) is 0 Å². The van der Waals surface area contributed by atoms with Gasteiger partial charge in [0.25, 0.3) is 5.69 Å². The second-order valence-electron chi connectivity index (χ2n) is 4.70. The SMILES string of the molecule is CCCC1(O)CN(c2c(Cl)cccc2[N+](=O)[O-])C1. The molecule has 5 nitrogen and oxygen atoms in total. The normalized spacial score (nSPS) is 17.4. The molecule has 0 aliphatic carbocycles. The van der Waals surface area contributed by atoms with Crippen LogP contribution in [0.25, 0.3) is 0 Å². The second kappa shape index (κ2) is 4.74. The van der Waals surface area contributed by atoms with Gasteiger partial charge in [0, 0.05) is 19.2 Å². The number of nitrogens with zero attached hydrogens (tertiary/aromatic N) is 2. The monoisotopic (exact) mass is 270 g/mol. The maximum atomic E-state index is 11.0. The Kier molecular flexibility index (Phi) is 3.45. The van der Waals surface area contributed by atoms with E-state index in [-0.39, 0.29) is 5.69 Å². The quantitative estimate of drug-likeness (QED) is 0.675. The topological polar surface area (TPSA) is 66.6 Å². The average molecular weight is 271 g/mol. The molecule has 0 aromatic heterocycles. The van der Waals surface area contributed by atoms with Crippen molar-refractivity contribution in [1.82, 2.24) is 0 Å². The van der Waals surface area contributed by atoms with Crippen LogP contribution in [0.1, 0.15) is 19.8 Å². The van der Waals surface area contributed by atoms with Gasteiger partial charge in [-0.3, -0.25) is 10.1 Å². The van der Waals surface area contributed by atoms with Gasteiger partial charge < -0.3 is 10.0 Å². The highest BCUT2D eigenvalue weighted by molar-refractivity contribution is 6.33. The Morgan fingerprint density at radius 2 is 2.22 bits per heavy atom. The predicted molar refractivity (Wildman–Crippen MR) is 70.2 cm³/mol. The van der Waals surface area contributed by atoms with E-state index in [4.69, 9.17) is 11.6 Å². The smallest absolute Gasteiger partial charge is 0.294 e. The van der Waals surface area contributed by atoms with Crippen LogP contribution in [0.4, 0.5) is 11.4 Å². The molecule has 0 atom stereocenters. The summed E-state index contributed by atoms with van der Waals surface area (Å²) in [6, 6.07) is 4.61. The molecule has 18 heavy (non-hydrogen) atoms. The van der Waals surface area contributed by atoms with Gasteiger partial charge in [0.15, 0.2) is 0 Å². The number of nitro benzene ring substituents is 1. The molecule has 1 N–H and O–H groups in total. The maximum Gasteiger partial charge on any atom is 0.294 e. The van der Waals surface area contributed by atoms with Crippen LogP contribution < -0.4 is 4.90 Å². The molecule has 1 aliphatic heterocycles.